The second-order valence-electron chi connectivity index (χ2n) is 6.45. The quantitative estimate of drug-likeness (QED) is 0.776. The second-order valence-corrected chi connectivity index (χ2v) is 8.16. The summed E-state index contributed by atoms with van der Waals surface area (Å²) in [5, 5.41) is 3.26. The van der Waals surface area contributed by atoms with Crippen molar-refractivity contribution in [2.75, 3.05) is 26.2 Å². The summed E-state index contributed by atoms with van der Waals surface area (Å²) in [6.45, 7) is 10.9. The highest BCUT2D eigenvalue weighted by Crippen LogP contribution is 2.20. The third-order valence-electron chi connectivity index (χ3n) is 3.30. The molecule has 1 atom stereocenters. The zero-order valence-electron chi connectivity index (χ0n) is 12.7. The summed E-state index contributed by atoms with van der Waals surface area (Å²) < 4.78 is 29.2. The van der Waals surface area contributed by atoms with Crippen LogP contribution in [-0.4, -0.2) is 44.9 Å². The summed E-state index contributed by atoms with van der Waals surface area (Å²) in [4.78, 5) is 0. The summed E-state index contributed by atoms with van der Waals surface area (Å²) >= 11 is 0. The highest BCUT2D eigenvalue weighted by Gasteiger charge is 2.32. The summed E-state index contributed by atoms with van der Waals surface area (Å²) in [5.74, 6) is 0. The lowest BCUT2D eigenvalue weighted by Crippen LogP contribution is -2.53. The lowest BCUT2D eigenvalue weighted by atomic mass is 9.98. The van der Waals surface area contributed by atoms with E-state index in [4.69, 9.17) is 0 Å². The minimum absolute atomic E-state index is 0.0416. The highest BCUT2D eigenvalue weighted by atomic mass is 32.2. The minimum atomic E-state index is -3.35. The minimum Gasteiger partial charge on any atom is -0.315 e. The number of hydrogen-bond donors (Lipinski definition) is 2. The summed E-state index contributed by atoms with van der Waals surface area (Å²) in [5.41, 5.74) is -0.0416. The fourth-order valence-corrected chi connectivity index (χ4v) is 3.92. The maximum atomic E-state index is 12.4. The van der Waals surface area contributed by atoms with Crippen molar-refractivity contribution < 1.29 is 8.42 Å². The molecule has 1 rings (SSSR count). The number of hydrogen-bond acceptors (Lipinski definition) is 3. The van der Waals surface area contributed by atoms with Gasteiger partial charge in [0.25, 0.3) is 10.2 Å². The lowest BCUT2D eigenvalue weighted by Gasteiger charge is -2.35. The number of likely N-dealkylation sites (N-methyl/N-ethyl adjacent to an activating group) is 1. The van der Waals surface area contributed by atoms with Crippen LogP contribution >= 0.6 is 0 Å². The monoisotopic (exact) mass is 291 g/mol. The van der Waals surface area contributed by atoms with E-state index in [-0.39, 0.29) is 11.5 Å². The number of rotatable bonds is 6. The van der Waals surface area contributed by atoms with Crippen LogP contribution in [0.25, 0.3) is 0 Å². The molecule has 1 aliphatic heterocycles. The van der Waals surface area contributed by atoms with Crippen molar-refractivity contribution >= 4 is 10.2 Å². The summed E-state index contributed by atoms with van der Waals surface area (Å²) in [6.07, 6.45) is 3.02. The van der Waals surface area contributed by atoms with Gasteiger partial charge in [0, 0.05) is 25.7 Å². The van der Waals surface area contributed by atoms with Gasteiger partial charge in [0.05, 0.1) is 0 Å². The van der Waals surface area contributed by atoms with E-state index in [1.165, 1.54) is 0 Å². The third-order valence-corrected chi connectivity index (χ3v) is 4.90. The van der Waals surface area contributed by atoms with Gasteiger partial charge >= 0.3 is 0 Å². The Labute approximate surface area is 118 Å². The van der Waals surface area contributed by atoms with Crippen LogP contribution in [0.4, 0.5) is 0 Å². The number of nitrogens with one attached hydrogen (secondary N) is 2. The molecular weight excluding hydrogens is 262 g/mol. The molecule has 1 saturated heterocycles. The third kappa shape index (κ3) is 5.77. The number of nitrogens with zero attached hydrogens (tertiary/aromatic N) is 1. The van der Waals surface area contributed by atoms with Crippen LogP contribution < -0.4 is 10.0 Å². The van der Waals surface area contributed by atoms with E-state index in [9.17, 15) is 8.42 Å². The van der Waals surface area contributed by atoms with Crippen LogP contribution in [0.3, 0.4) is 0 Å². The largest absolute Gasteiger partial charge is 0.315 e. The first kappa shape index (κ1) is 16.9. The van der Waals surface area contributed by atoms with Gasteiger partial charge in [-0.2, -0.15) is 12.7 Å². The molecule has 6 heteroatoms. The van der Waals surface area contributed by atoms with Crippen molar-refractivity contribution in [3.05, 3.63) is 0 Å². The molecule has 0 spiro atoms. The Morgan fingerprint density at radius 1 is 1.26 bits per heavy atom. The van der Waals surface area contributed by atoms with Crippen LogP contribution in [0.5, 0.6) is 0 Å². The first-order chi connectivity index (χ1) is 8.76. The first-order valence-corrected chi connectivity index (χ1v) is 8.67. The van der Waals surface area contributed by atoms with E-state index in [0.717, 1.165) is 32.4 Å². The number of piperidine rings is 1. The molecule has 0 aromatic heterocycles. The van der Waals surface area contributed by atoms with Crippen molar-refractivity contribution in [2.24, 2.45) is 5.41 Å². The van der Waals surface area contributed by atoms with E-state index >= 15 is 0 Å². The van der Waals surface area contributed by atoms with Crippen LogP contribution in [0.2, 0.25) is 0 Å². The average Bonchev–Trinajstić information content (AvgIpc) is 2.34. The van der Waals surface area contributed by atoms with E-state index in [0.29, 0.717) is 13.1 Å². The van der Waals surface area contributed by atoms with E-state index < -0.39 is 10.2 Å². The highest BCUT2D eigenvalue weighted by molar-refractivity contribution is 7.87. The van der Waals surface area contributed by atoms with Gasteiger partial charge < -0.3 is 5.32 Å². The van der Waals surface area contributed by atoms with E-state index in [1.807, 2.05) is 27.7 Å². The molecule has 1 fully saturated rings. The predicted octanol–water partition coefficient (Wildman–Crippen LogP) is 1.33. The van der Waals surface area contributed by atoms with Gasteiger partial charge in [-0.1, -0.05) is 34.1 Å². The molecule has 0 radical (unpaired) electrons. The van der Waals surface area contributed by atoms with Crippen molar-refractivity contribution in [2.45, 2.75) is 53.0 Å². The Bertz CT molecular complexity index is 363. The van der Waals surface area contributed by atoms with Crippen molar-refractivity contribution in [3.8, 4) is 0 Å². The molecule has 1 aliphatic rings. The standard InChI is InChI=1S/C13H29N3O2S/c1-5-14-10-12-8-6-7-9-16(12)19(17,18)15-11-13(2,3)4/h12,14-15H,5-11H2,1-4H3. The molecule has 0 aromatic rings. The molecule has 0 aliphatic carbocycles. The molecule has 0 aromatic carbocycles. The van der Waals surface area contributed by atoms with Crippen LogP contribution in [-0.2, 0) is 10.2 Å². The van der Waals surface area contributed by atoms with Gasteiger partial charge in [-0.05, 0) is 24.8 Å². The zero-order valence-corrected chi connectivity index (χ0v) is 13.5. The molecule has 1 heterocycles. The van der Waals surface area contributed by atoms with Gasteiger partial charge in [0.2, 0.25) is 0 Å². The Hall–Kier alpha value is -0.170. The van der Waals surface area contributed by atoms with Gasteiger partial charge in [-0.25, -0.2) is 4.72 Å². The smallest absolute Gasteiger partial charge is 0.279 e. The van der Waals surface area contributed by atoms with Crippen molar-refractivity contribution in [1.29, 1.82) is 0 Å². The van der Waals surface area contributed by atoms with Crippen molar-refractivity contribution in [3.63, 3.8) is 0 Å². The molecule has 0 bridgehead atoms. The topological polar surface area (TPSA) is 61.4 Å². The SMILES string of the molecule is CCNCC1CCCCN1S(=O)(=O)NCC(C)(C)C. The predicted molar refractivity (Wildman–Crippen MR) is 79.3 cm³/mol. The summed E-state index contributed by atoms with van der Waals surface area (Å²) in [6, 6.07) is 0.0890. The van der Waals surface area contributed by atoms with Gasteiger partial charge in [-0.3, -0.25) is 0 Å². The molecule has 19 heavy (non-hydrogen) atoms. The van der Waals surface area contributed by atoms with Crippen molar-refractivity contribution in [1.82, 2.24) is 14.3 Å². The van der Waals surface area contributed by atoms with Crippen LogP contribution in [0.15, 0.2) is 0 Å². The Morgan fingerprint density at radius 3 is 2.53 bits per heavy atom. The maximum Gasteiger partial charge on any atom is 0.279 e. The van der Waals surface area contributed by atoms with E-state index in [1.54, 1.807) is 4.31 Å². The molecule has 1 unspecified atom stereocenters. The lowest BCUT2D eigenvalue weighted by molar-refractivity contribution is 0.242. The van der Waals surface area contributed by atoms with Crippen LogP contribution in [0, 0.1) is 5.41 Å². The van der Waals surface area contributed by atoms with Gasteiger partial charge in [-0.15, -0.1) is 0 Å². The van der Waals surface area contributed by atoms with Gasteiger partial charge in [0.1, 0.15) is 0 Å². The van der Waals surface area contributed by atoms with Gasteiger partial charge in [0.15, 0.2) is 0 Å². The normalized spacial score (nSPS) is 22.6. The molecule has 114 valence electrons. The second kappa shape index (κ2) is 7.02. The molecule has 2 N–H and O–H groups in total. The van der Waals surface area contributed by atoms with E-state index in [2.05, 4.69) is 10.0 Å². The molecular formula is C13H29N3O2S. The first-order valence-electron chi connectivity index (χ1n) is 7.23. The average molecular weight is 291 g/mol. The molecule has 5 nitrogen and oxygen atoms in total. The molecule has 0 saturated carbocycles. The Morgan fingerprint density at radius 2 is 1.95 bits per heavy atom. The van der Waals surface area contributed by atoms with Crippen LogP contribution in [0.1, 0.15) is 47.0 Å². The zero-order chi connectivity index (χ0) is 14.5. The summed E-state index contributed by atoms with van der Waals surface area (Å²) in [7, 11) is -3.35. The molecule has 0 amide bonds. The fourth-order valence-electron chi connectivity index (χ4n) is 2.20. The fraction of sp³-hybridized carbons (Fsp3) is 1.00. The Kier molecular flexibility index (Phi) is 6.23. The maximum absolute atomic E-state index is 12.4. The Balaban J connectivity index is 2.67.